The smallest absolute Gasteiger partial charge is 0.323 e. The van der Waals surface area contributed by atoms with Crippen molar-refractivity contribution in [1.29, 1.82) is 0 Å². The molecule has 2 aromatic rings. The highest BCUT2D eigenvalue weighted by Crippen LogP contribution is 2.47. The lowest BCUT2D eigenvalue weighted by molar-refractivity contribution is -0.173. The molecule has 0 amide bonds. The Balaban J connectivity index is 2.19. The van der Waals surface area contributed by atoms with Crippen LogP contribution in [0.25, 0.3) is 10.9 Å². The van der Waals surface area contributed by atoms with Crippen LogP contribution in [0.5, 0.6) is 0 Å². The van der Waals surface area contributed by atoms with Crippen molar-refractivity contribution in [3.63, 3.8) is 0 Å². The number of H-pyrrole nitrogens is 1. The molecule has 0 saturated heterocycles. The summed E-state index contributed by atoms with van der Waals surface area (Å²) in [6, 6.07) is 6.15. The van der Waals surface area contributed by atoms with Gasteiger partial charge in [-0.25, -0.2) is 0 Å². The Bertz CT molecular complexity index is 846. The fourth-order valence-electron chi connectivity index (χ4n) is 3.87. The lowest BCUT2D eigenvalue weighted by Crippen LogP contribution is -2.47. The second-order valence-corrected chi connectivity index (χ2v) is 6.81. The molecule has 1 aromatic carbocycles. The molecular formula is C21H25NO4. The van der Waals surface area contributed by atoms with Crippen LogP contribution in [0.1, 0.15) is 43.0 Å². The zero-order valence-corrected chi connectivity index (χ0v) is 15.6. The van der Waals surface area contributed by atoms with E-state index in [-0.39, 0.29) is 25.6 Å². The summed E-state index contributed by atoms with van der Waals surface area (Å²) >= 11 is 0. The number of aromatic amines is 1. The summed E-state index contributed by atoms with van der Waals surface area (Å²) in [6.45, 7) is 9.87. The minimum atomic E-state index is -1.34. The van der Waals surface area contributed by atoms with Crippen LogP contribution in [0.4, 0.5) is 0 Å². The monoisotopic (exact) mass is 355 g/mol. The van der Waals surface area contributed by atoms with Crippen molar-refractivity contribution in [1.82, 2.24) is 4.98 Å². The van der Waals surface area contributed by atoms with Crippen LogP contribution in [0, 0.1) is 12.3 Å². The first-order valence-electron chi connectivity index (χ1n) is 9.05. The van der Waals surface area contributed by atoms with Crippen molar-refractivity contribution in [2.45, 2.75) is 39.5 Å². The van der Waals surface area contributed by atoms with Crippen LogP contribution in [0.2, 0.25) is 0 Å². The average molecular weight is 355 g/mol. The summed E-state index contributed by atoms with van der Waals surface area (Å²) < 4.78 is 10.6. The molecule has 0 fully saturated rings. The molecule has 1 aliphatic rings. The summed E-state index contributed by atoms with van der Waals surface area (Å²) in [4.78, 5) is 29.2. The topological polar surface area (TPSA) is 68.4 Å². The Hall–Kier alpha value is -2.56. The Labute approximate surface area is 153 Å². The SMILES string of the molecule is C=CC1CC(C(=O)OCC)(C(=O)OCC)Cc2c1[nH]c1ccc(C)cc21. The molecule has 0 spiro atoms. The molecule has 5 heteroatoms. The van der Waals surface area contributed by atoms with Crippen molar-refractivity contribution in [3.05, 3.63) is 47.7 Å². The van der Waals surface area contributed by atoms with Crippen molar-refractivity contribution in [2.24, 2.45) is 5.41 Å². The third-order valence-corrected chi connectivity index (χ3v) is 5.13. The van der Waals surface area contributed by atoms with Crippen LogP contribution in [0.15, 0.2) is 30.9 Å². The second-order valence-electron chi connectivity index (χ2n) is 6.81. The first-order chi connectivity index (χ1) is 12.5. The molecule has 26 heavy (non-hydrogen) atoms. The highest BCUT2D eigenvalue weighted by molar-refractivity contribution is 6.02. The molecule has 1 atom stereocenters. The molecule has 0 radical (unpaired) electrons. The average Bonchev–Trinajstić information content (AvgIpc) is 2.98. The Morgan fingerprint density at radius 1 is 1.27 bits per heavy atom. The third kappa shape index (κ3) is 2.81. The normalized spacial score (nSPS) is 18.2. The summed E-state index contributed by atoms with van der Waals surface area (Å²) in [6.07, 6.45) is 2.36. The molecule has 0 bridgehead atoms. The number of carbonyl (C=O) groups excluding carboxylic acids is 2. The zero-order chi connectivity index (χ0) is 18.9. The summed E-state index contributed by atoms with van der Waals surface area (Å²) in [5.41, 5.74) is 2.77. The minimum absolute atomic E-state index is 0.153. The molecule has 1 unspecified atom stereocenters. The number of rotatable bonds is 5. The zero-order valence-electron chi connectivity index (χ0n) is 15.6. The van der Waals surface area contributed by atoms with Crippen molar-refractivity contribution < 1.29 is 19.1 Å². The predicted molar refractivity (Wildman–Crippen MR) is 100.0 cm³/mol. The van der Waals surface area contributed by atoms with Crippen molar-refractivity contribution in [2.75, 3.05) is 13.2 Å². The summed E-state index contributed by atoms with van der Waals surface area (Å²) in [5.74, 6) is -1.18. The number of esters is 2. The molecule has 1 heterocycles. The first kappa shape index (κ1) is 18.2. The highest BCUT2D eigenvalue weighted by atomic mass is 16.6. The Kier molecular flexibility index (Phi) is 4.90. The first-order valence-corrected chi connectivity index (χ1v) is 9.05. The van der Waals surface area contributed by atoms with Crippen molar-refractivity contribution in [3.8, 4) is 0 Å². The highest BCUT2D eigenvalue weighted by Gasteiger charge is 2.53. The van der Waals surface area contributed by atoms with E-state index in [0.717, 1.165) is 27.7 Å². The van der Waals surface area contributed by atoms with E-state index in [1.54, 1.807) is 19.9 Å². The van der Waals surface area contributed by atoms with Gasteiger partial charge in [0.2, 0.25) is 0 Å². The van der Waals surface area contributed by atoms with Gasteiger partial charge in [0.05, 0.1) is 13.2 Å². The van der Waals surface area contributed by atoms with Crippen LogP contribution in [-0.2, 0) is 25.5 Å². The fraction of sp³-hybridized carbons (Fsp3) is 0.429. The van der Waals surface area contributed by atoms with Gasteiger partial charge in [-0.15, -0.1) is 6.58 Å². The molecule has 0 aliphatic heterocycles. The van der Waals surface area contributed by atoms with Gasteiger partial charge >= 0.3 is 11.9 Å². The molecule has 138 valence electrons. The number of carbonyl (C=O) groups is 2. The van der Waals surface area contributed by atoms with Gasteiger partial charge in [-0.1, -0.05) is 17.7 Å². The van der Waals surface area contributed by atoms with Gasteiger partial charge < -0.3 is 14.5 Å². The van der Waals surface area contributed by atoms with E-state index in [1.165, 1.54) is 0 Å². The van der Waals surface area contributed by atoms with E-state index < -0.39 is 17.4 Å². The standard InChI is InChI=1S/C21H25NO4/c1-5-14-11-21(19(23)25-6-2,20(24)26-7-3)12-16-15-10-13(4)8-9-17(15)22-18(14)16/h5,8-10,14,22H,1,6-7,11-12H2,2-4H3. The van der Waals surface area contributed by atoms with E-state index in [4.69, 9.17) is 9.47 Å². The Morgan fingerprint density at radius 2 is 1.92 bits per heavy atom. The van der Waals surface area contributed by atoms with Gasteiger partial charge in [-0.05, 0) is 44.9 Å². The van der Waals surface area contributed by atoms with Gasteiger partial charge in [0.1, 0.15) is 0 Å². The predicted octanol–water partition coefficient (Wildman–Crippen LogP) is 3.80. The second kappa shape index (κ2) is 6.98. The van der Waals surface area contributed by atoms with Gasteiger partial charge in [-0.2, -0.15) is 0 Å². The minimum Gasteiger partial charge on any atom is -0.465 e. The summed E-state index contributed by atoms with van der Waals surface area (Å²) in [5, 5.41) is 1.03. The van der Waals surface area contributed by atoms with Crippen LogP contribution in [0.3, 0.4) is 0 Å². The lowest BCUT2D eigenvalue weighted by Gasteiger charge is -2.35. The van der Waals surface area contributed by atoms with Gasteiger partial charge in [-0.3, -0.25) is 9.59 Å². The van der Waals surface area contributed by atoms with Crippen molar-refractivity contribution >= 4 is 22.8 Å². The number of ether oxygens (including phenoxy) is 2. The third-order valence-electron chi connectivity index (χ3n) is 5.13. The number of aryl methyl sites for hydroxylation is 1. The van der Waals surface area contributed by atoms with Crippen LogP contribution < -0.4 is 0 Å². The number of benzene rings is 1. The fourth-order valence-corrected chi connectivity index (χ4v) is 3.87. The maximum atomic E-state index is 12.9. The largest absolute Gasteiger partial charge is 0.465 e. The van der Waals surface area contributed by atoms with E-state index >= 15 is 0 Å². The molecule has 0 saturated carbocycles. The quantitative estimate of drug-likeness (QED) is 0.503. The number of hydrogen-bond acceptors (Lipinski definition) is 4. The van der Waals surface area contributed by atoms with E-state index in [9.17, 15) is 9.59 Å². The molecule has 1 N–H and O–H groups in total. The van der Waals surface area contributed by atoms with E-state index in [2.05, 4.69) is 17.6 Å². The van der Waals surface area contributed by atoms with Crippen LogP contribution >= 0.6 is 0 Å². The van der Waals surface area contributed by atoms with Crippen LogP contribution in [-0.4, -0.2) is 30.1 Å². The number of hydrogen-bond donors (Lipinski definition) is 1. The molecule has 3 rings (SSSR count). The van der Waals surface area contributed by atoms with Gasteiger partial charge in [0.25, 0.3) is 0 Å². The molecular weight excluding hydrogens is 330 g/mol. The lowest BCUT2D eigenvalue weighted by atomic mass is 9.68. The van der Waals surface area contributed by atoms with E-state index in [0.29, 0.717) is 6.42 Å². The maximum Gasteiger partial charge on any atom is 0.323 e. The molecule has 1 aliphatic carbocycles. The maximum absolute atomic E-state index is 12.9. The number of aromatic nitrogens is 1. The number of fused-ring (bicyclic) bond motifs is 3. The summed E-state index contributed by atoms with van der Waals surface area (Å²) in [7, 11) is 0. The van der Waals surface area contributed by atoms with Gasteiger partial charge in [0.15, 0.2) is 5.41 Å². The number of allylic oxidation sites excluding steroid dienone is 1. The van der Waals surface area contributed by atoms with E-state index in [1.807, 2.05) is 19.1 Å². The Morgan fingerprint density at radius 3 is 2.50 bits per heavy atom. The molecule has 1 aromatic heterocycles. The molecule has 5 nitrogen and oxygen atoms in total. The van der Waals surface area contributed by atoms with Gasteiger partial charge in [0, 0.05) is 28.9 Å². The number of nitrogens with one attached hydrogen (secondary N) is 1.